The Kier molecular flexibility index (Phi) is 6.84. The van der Waals surface area contributed by atoms with Gasteiger partial charge in [-0.2, -0.15) is 4.72 Å². The standard InChI is InChI=1S/C23H27ClN4O5S/c1-14(22(30)27-9-6-15(7-10-27)21(25)29)28-11-8-20(23(28)31)26-34(32,33)19-5-3-16-12-18(24)4-2-17(16)13-19/h2-5,12-15,20,26H,6-11H2,1H3,(H2,25,29). The zero-order chi connectivity index (χ0) is 24.6. The molecule has 2 aliphatic heterocycles. The summed E-state index contributed by atoms with van der Waals surface area (Å²) in [5.41, 5.74) is 5.35. The predicted molar refractivity (Wildman–Crippen MR) is 127 cm³/mol. The maximum Gasteiger partial charge on any atom is 0.245 e. The minimum Gasteiger partial charge on any atom is -0.369 e. The number of carbonyl (C=O) groups excluding carboxylic acids is 3. The second kappa shape index (κ2) is 9.52. The van der Waals surface area contributed by atoms with E-state index < -0.39 is 28.0 Å². The lowest BCUT2D eigenvalue weighted by atomic mass is 9.96. The Hall–Kier alpha value is -2.69. The number of rotatable bonds is 6. The van der Waals surface area contributed by atoms with Gasteiger partial charge in [0.25, 0.3) is 0 Å². The Morgan fingerprint density at radius 3 is 2.38 bits per heavy atom. The molecule has 2 heterocycles. The van der Waals surface area contributed by atoms with Gasteiger partial charge in [0.1, 0.15) is 12.1 Å². The van der Waals surface area contributed by atoms with Gasteiger partial charge in [-0.25, -0.2) is 8.42 Å². The molecule has 2 aliphatic rings. The SMILES string of the molecule is CC(C(=O)N1CCC(C(N)=O)CC1)N1CCC(NS(=O)(=O)c2ccc3cc(Cl)ccc3c2)C1=O. The van der Waals surface area contributed by atoms with Crippen LogP contribution in [0.15, 0.2) is 41.3 Å². The van der Waals surface area contributed by atoms with E-state index in [4.69, 9.17) is 17.3 Å². The molecule has 2 unspecified atom stereocenters. The first kappa shape index (κ1) is 24.4. The smallest absolute Gasteiger partial charge is 0.245 e. The van der Waals surface area contributed by atoms with Gasteiger partial charge >= 0.3 is 0 Å². The molecular formula is C23H27ClN4O5S. The second-order valence-electron chi connectivity index (χ2n) is 8.83. The van der Waals surface area contributed by atoms with Crippen molar-refractivity contribution < 1.29 is 22.8 Å². The minimum atomic E-state index is -3.95. The van der Waals surface area contributed by atoms with Crippen molar-refractivity contribution >= 4 is 50.1 Å². The van der Waals surface area contributed by atoms with Gasteiger partial charge < -0.3 is 15.5 Å². The van der Waals surface area contributed by atoms with Gasteiger partial charge in [-0.1, -0.05) is 23.7 Å². The highest BCUT2D eigenvalue weighted by molar-refractivity contribution is 7.89. The lowest BCUT2D eigenvalue weighted by molar-refractivity contribution is -0.144. The number of likely N-dealkylation sites (tertiary alicyclic amines) is 2. The number of carbonyl (C=O) groups is 3. The molecule has 2 fully saturated rings. The molecule has 3 amide bonds. The van der Waals surface area contributed by atoms with Crippen LogP contribution >= 0.6 is 11.6 Å². The van der Waals surface area contributed by atoms with Gasteiger partial charge in [0.05, 0.1) is 4.90 Å². The third-order valence-corrected chi connectivity index (χ3v) is 8.36. The van der Waals surface area contributed by atoms with E-state index in [9.17, 15) is 22.8 Å². The molecule has 0 radical (unpaired) electrons. The van der Waals surface area contributed by atoms with Crippen LogP contribution in [0.25, 0.3) is 10.8 Å². The maximum atomic E-state index is 13.0. The number of nitrogens with one attached hydrogen (secondary N) is 1. The molecule has 0 spiro atoms. The summed E-state index contributed by atoms with van der Waals surface area (Å²) >= 11 is 5.99. The molecule has 9 nitrogen and oxygen atoms in total. The molecule has 4 rings (SSSR count). The highest BCUT2D eigenvalue weighted by Gasteiger charge is 2.40. The Morgan fingerprint density at radius 2 is 1.71 bits per heavy atom. The van der Waals surface area contributed by atoms with Crippen LogP contribution in [0.1, 0.15) is 26.2 Å². The van der Waals surface area contributed by atoms with E-state index in [0.29, 0.717) is 36.3 Å². The van der Waals surface area contributed by atoms with Crippen molar-refractivity contribution in [2.45, 2.75) is 43.2 Å². The molecule has 2 aromatic carbocycles. The number of halogens is 1. The van der Waals surface area contributed by atoms with Crippen molar-refractivity contribution in [3.63, 3.8) is 0 Å². The Morgan fingerprint density at radius 1 is 1.06 bits per heavy atom. The predicted octanol–water partition coefficient (Wildman–Crippen LogP) is 1.48. The Balaban J connectivity index is 1.41. The molecule has 0 aliphatic carbocycles. The van der Waals surface area contributed by atoms with Gasteiger partial charge in [0.2, 0.25) is 27.7 Å². The van der Waals surface area contributed by atoms with Crippen LogP contribution in [-0.4, -0.2) is 67.7 Å². The number of primary amides is 1. The van der Waals surface area contributed by atoms with Crippen molar-refractivity contribution in [1.29, 1.82) is 0 Å². The summed E-state index contributed by atoms with van der Waals surface area (Å²) in [4.78, 5) is 40.4. The second-order valence-corrected chi connectivity index (χ2v) is 11.0. The molecular weight excluding hydrogens is 480 g/mol. The van der Waals surface area contributed by atoms with Gasteiger partial charge in [-0.15, -0.1) is 0 Å². The molecule has 182 valence electrons. The fourth-order valence-corrected chi connectivity index (χ4v) is 6.03. The fourth-order valence-electron chi connectivity index (χ4n) is 4.59. The average Bonchev–Trinajstić information content (AvgIpc) is 3.17. The van der Waals surface area contributed by atoms with Crippen molar-refractivity contribution in [3.8, 4) is 0 Å². The average molecular weight is 507 g/mol. The molecule has 0 saturated carbocycles. The number of amides is 3. The fraction of sp³-hybridized carbons (Fsp3) is 0.435. The van der Waals surface area contributed by atoms with Gasteiger partial charge in [-0.05, 0) is 61.2 Å². The third-order valence-electron chi connectivity index (χ3n) is 6.66. The summed E-state index contributed by atoms with van der Waals surface area (Å²) in [5.74, 6) is -1.24. The van der Waals surface area contributed by atoms with Crippen molar-refractivity contribution in [2.24, 2.45) is 11.7 Å². The first-order chi connectivity index (χ1) is 16.1. The van der Waals surface area contributed by atoms with Crippen LogP contribution in [0, 0.1) is 5.92 Å². The monoisotopic (exact) mass is 506 g/mol. The van der Waals surface area contributed by atoms with Crippen LogP contribution in [0.2, 0.25) is 5.02 Å². The zero-order valence-corrected chi connectivity index (χ0v) is 20.3. The van der Waals surface area contributed by atoms with E-state index in [1.807, 2.05) is 0 Å². The van der Waals surface area contributed by atoms with Gasteiger partial charge in [0.15, 0.2) is 0 Å². The number of fused-ring (bicyclic) bond motifs is 1. The third kappa shape index (κ3) is 4.89. The van der Waals surface area contributed by atoms with Crippen LogP contribution in [0.5, 0.6) is 0 Å². The minimum absolute atomic E-state index is 0.0509. The van der Waals surface area contributed by atoms with Crippen LogP contribution in [0.3, 0.4) is 0 Å². The van der Waals surface area contributed by atoms with E-state index in [2.05, 4.69) is 4.72 Å². The van der Waals surface area contributed by atoms with Crippen molar-refractivity contribution in [2.75, 3.05) is 19.6 Å². The summed E-state index contributed by atoms with van der Waals surface area (Å²) in [7, 11) is -3.95. The number of nitrogens with two attached hydrogens (primary N) is 1. The normalized spacial score (nSPS) is 20.6. The first-order valence-corrected chi connectivity index (χ1v) is 13.0. The summed E-state index contributed by atoms with van der Waals surface area (Å²) in [6, 6.07) is 8.17. The van der Waals surface area contributed by atoms with Gasteiger partial charge in [-0.3, -0.25) is 14.4 Å². The molecule has 0 aromatic heterocycles. The largest absolute Gasteiger partial charge is 0.369 e. The number of sulfonamides is 1. The number of benzene rings is 2. The van der Waals surface area contributed by atoms with E-state index in [1.54, 1.807) is 36.1 Å². The quantitative estimate of drug-likeness (QED) is 0.613. The highest BCUT2D eigenvalue weighted by atomic mass is 35.5. The van der Waals surface area contributed by atoms with E-state index >= 15 is 0 Å². The summed E-state index contributed by atoms with van der Waals surface area (Å²) in [6.45, 7) is 2.72. The lowest BCUT2D eigenvalue weighted by Gasteiger charge is -2.34. The highest BCUT2D eigenvalue weighted by Crippen LogP contribution is 2.25. The maximum absolute atomic E-state index is 13.0. The van der Waals surface area contributed by atoms with Crippen molar-refractivity contribution in [1.82, 2.24) is 14.5 Å². The van der Waals surface area contributed by atoms with Gasteiger partial charge in [0, 0.05) is 30.6 Å². The summed E-state index contributed by atoms with van der Waals surface area (Å²) < 4.78 is 28.4. The molecule has 11 heteroatoms. The Labute approximate surface area is 203 Å². The number of nitrogens with zero attached hydrogens (tertiary/aromatic N) is 2. The van der Waals surface area contributed by atoms with E-state index in [1.165, 1.54) is 17.0 Å². The number of hydrogen-bond acceptors (Lipinski definition) is 5. The molecule has 0 bridgehead atoms. The molecule has 2 atom stereocenters. The number of piperidine rings is 1. The zero-order valence-electron chi connectivity index (χ0n) is 18.7. The topological polar surface area (TPSA) is 130 Å². The molecule has 34 heavy (non-hydrogen) atoms. The van der Waals surface area contributed by atoms with Crippen LogP contribution in [0.4, 0.5) is 0 Å². The van der Waals surface area contributed by atoms with E-state index in [0.717, 1.165) is 5.39 Å². The molecule has 2 aromatic rings. The van der Waals surface area contributed by atoms with Crippen LogP contribution < -0.4 is 10.5 Å². The first-order valence-electron chi connectivity index (χ1n) is 11.2. The summed E-state index contributed by atoms with van der Waals surface area (Å²) in [6.07, 6.45) is 1.27. The molecule has 3 N–H and O–H groups in total. The Bertz CT molecular complexity index is 1240. The van der Waals surface area contributed by atoms with E-state index in [-0.39, 0.29) is 35.6 Å². The number of hydrogen-bond donors (Lipinski definition) is 2. The van der Waals surface area contributed by atoms with Crippen LogP contribution in [-0.2, 0) is 24.4 Å². The summed E-state index contributed by atoms with van der Waals surface area (Å²) in [5, 5.41) is 2.08. The van der Waals surface area contributed by atoms with Crippen molar-refractivity contribution in [3.05, 3.63) is 41.4 Å². The molecule has 2 saturated heterocycles. The lowest BCUT2D eigenvalue weighted by Crippen LogP contribution is -2.52.